The predicted molar refractivity (Wildman–Crippen MR) is 214 cm³/mol. The first kappa shape index (κ1) is 38.1. The molecule has 4 aliphatic heterocycles. The van der Waals surface area contributed by atoms with Gasteiger partial charge in [-0.1, -0.05) is 12.1 Å². The zero-order valence-corrected chi connectivity index (χ0v) is 33.0. The van der Waals surface area contributed by atoms with E-state index < -0.39 is 27.5 Å². The van der Waals surface area contributed by atoms with Crippen molar-refractivity contribution in [3.8, 4) is 17.3 Å². The second-order valence-electron chi connectivity index (χ2n) is 15.6. The number of sulfonamides is 1. The van der Waals surface area contributed by atoms with Gasteiger partial charge in [0.1, 0.15) is 17.2 Å². The van der Waals surface area contributed by atoms with Crippen LogP contribution in [0.15, 0.2) is 67.1 Å². The number of nitrogens with zero attached hydrogens (tertiary/aromatic N) is 8. The number of carbonyl (C=O) groups is 4. The van der Waals surface area contributed by atoms with Crippen molar-refractivity contribution in [3.63, 3.8) is 0 Å². The number of hydrogen-bond donors (Lipinski definition) is 3. The average molecular weight is 816 g/mol. The highest BCUT2D eigenvalue weighted by Gasteiger charge is 2.50. The van der Waals surface area contributed by atoms with Crippen LogP contribution >= 0.6 is 0 Å². The van der Waals surface area contributed by atoms with Gasteiger partial charge in [0.25, 0.3) is 11.8 Å². The van der Waals surface area contributed by atoms with E-state index in [1.54, 1.807) is 47.2 Å². The molecule has 7 heterocycles. The highest BCUT2D eigenvalue weighted by molar-refractivity contribution is 7.89. The van der Waals surface area contributed by atoms with Crippen molar-refractivity contribution in [1.82, 2.24) is 44.2 Å². The van der Waals surface area contributed by atoms with Crippen LogP contribution in [0.2, 0.25) is 0 Å². The summed E-state index contributed by atoms with van der Waals surface area (Å²) in [7, 11) is -3.39. The van der Waals surface area contributed by atoms with E-state index in [1.807, 2.05) is 35.2 Å². The summed E-state index contributed by atoms with van der Waals surface area (Å²) in [5, 5.41) is 20.5. The minimum atomic E-state index is -3.39. The molecule has 18 heteroatoms. The van der Waals surface area contributed by atoms with Crippen LogP contribution in [-0.2, 0) is 31.7 Å². The molecule has 0 aliphatic carbocycles. The molecule has 3 N–H and O–H groups in total. The van der Waals surface area contributed by atoms with Gasteiger partial charge in [0.05, 0.1) is 30.1 Å². The number of H-pyrrole nitrogens is 1. The van der Waals surface area contributed by atoms with Crippen LogP contribution in [-0.4, -0.2) is 109 Å². The summed E-state index contributed by atoms with van der Waals surface area (Å²) in [4.78, 5) is 66.9. The summed E-state index contributed by atoms with van der Waals surface area (Å²) < 4.78 is 28.0. The molecule has 0 saturated carbocycles. The lowest BCUT2D eigenvalue weighted by Crippen LogP contribution is -2.64. The van der Waals surface area contributed by atoms with Crippen molar-refractivity contribution in [3.05, 3.63) is 89.4 Å². The monoisotopic (exact) mass is 815 g/mol. The van der Waals surface area contributed by atoms with E-state index in [0.717, 1.165) is 29.4 Å². The van der Waals surface area contributed by atoms with Gasteiger partial charge in [0.15, 0.2) is 0 Å². The van der Waals surface area contributed by atoms with Crippen LogP contribution < -0.4 is 10.6 Å². The van der Waals surface area contributed by atoms with E-state index in [1.165, 1.54) is 4.31 Å². The molecule has 4 aliphatic rings. The number of carbonyl (C=O) groups excluding carboxylic acids is 4. The minimum absolute atomic E-state index is 0.0119. The number of piperidine rings is 2. The highest BCUT2D eigenvalue weighted by Crippen LogP contribution is 2.37. The number of nitrogens with one attached hydrogen (secondary N) is 3. The number of hydrogen-bond acceptors (Lipinski definition) is 11. The van der Waals surface area contributed by atoms with Gasteiger partial charge in [-0.2, -0.15) is 19.6 Å². The third kappa shape index (κ3) is 6.89. The molecule has 5 aromatic rings. The lowest BCUT2D eigenvalue weighted by atomic mass is 9.87. The van der Waals surface area contributed by atoms with Gasteiger partial charge in [-0.25, -0.2) is 13.4 Å². The number of aromatic amines is 1. The van der Waals surface area contributed by atoms with E-state index in [-0.39, 0.29) is 55.3 Å². The van der Waals surface area contributed by atoms with E-state index in [2.05, 4.69) is 37.8 Å². The summed E-state index contributed by atoms with van der Waals surface area (Å²) in [6.07, 6.45) is 7.40. The second kappa shape index (κ2) is 14.7. The Kier molecular flexibility index (Phi) is 9.51. The van der Waals surface area contributed by atoms with E-state index in [4.69, 9.17) is 4.98 Å². The number of nitriles is 1. The van der Waals surface area contributed by atoms with Crippen LogP contribution in [0.5, 0.6) is 0 Å². The van der Waals surface area contributed by atoms with Gasteiger partial charge in [0, 0.05) is 79.3 Å². The SMILES string of the molecule is CCS(=O)(=O)N1CC(CC#N)(n2cc(-c3nc(Nc4ccc(C(=O)N5CCC(c6ccc7c(c6)CN(C6CCC(=O)NC6=O)C7=O)CC5)cc4)nc4[nH]ccc34)cn2)C1. The Bertz CT molecular complexity index is 2670. The molecular weight excluding hydrogens is 775 g/mol. The van der Waals surface area contributed by atoms with Gasteiger partial charge in [-0.05, 0) is 79.6 Å². The highest BCUT2D eigenvalue weighted by atomic mass is 32.2. The fourth-order valence-electron chi connectivity index (χ4n) is 8.67. The number of amides is 4. The quantitative estimate of drug-likeness (QED) is 0.173. The van der Waals surface area contributed by atoms with Crippen molar-refractivity contribution < 1.29 is 27.6 Å². The topological polar surface area (TPSA) is 219 Å². The zero-order valence-electron chi connectivity index (χ0n) is 32.2. The largest absolute Gasteiger partial charge is 0.346 e. The Morgan fingerprint density at radius 1 is 1.03 bits per heavy atom. The normalized spacial score (nSPS) is 19.7. The summed E-state index contributed by atoms with van der Waals surface area (Å²) >= 11 is 0. The van der Waals surface area contributed by atoms with E-state index >= 15 is 0 Å². The van der Waals surface area contributed by atoms with Gasteiger partial charge >= 0.3 is 0 Å². The molecular formula is C41H41N11O6S. The molecule has 17 nitrogen and oxygen atoms in total. The Morgan fingerprint density at radius 2 is 1.81 bits per heavy atom. The summed E-state index contributed by atoms with van der Waals surface area (Å²) in [6, 6.07) is 16.4. The summed E-state index contributed by atoms with van der Waals surface area (Å²) in [6.45, 7) is 3.43. The molecule has 4 amide bonds. The number of imide groups is 1. The molecule has 3 aromatic heterocycles. The number of fused-ring (bicyclic) bond motifs is 2. The van der Waals surface area contributed by atoms with Crippen LogP contribution in [0.1, 0.15) is 76.8 Å². The fraction of sp³-hybridized carbons (Fsp3) is 0.366. The Balaban J connectivity index is 0.838. The number of benzene rings is 2. The van der Waals surface area contributed by atoms with Gasteiger partial charge in [-0.3, -0.25) is 29.2 Å². The minimum Gasteiger partial charge on any atom is -0.346 e. The zero-order chi connectivity index (χ0) is 41.1. The molecule has 59 heavy (non-hydrogen) atoms. The second-order valence-corrected chi connectivity index (χ2v) is 17.9. The van der Waals surface area contributed by atoms with Gasteiger partial charge in [-0.15, -0.1) is 0 Å². The number of anilines is 2. The Hall–Kier alpha value is -6.45. The Labute approximate surface area is 339 Å². The van der Waals surface area contributed by atoms with E-state index in [0.29, 0.717) is 65.7 Å². The molecule has 302 valence electrons. The van der Waals surface area contributed by atoms with Gasteiger partial charge < -0.3 is 20.1 Å². The molecule has 3 fully saturated rings. The van der Waals surface area contributed by atoms with Crippen molar-refractivity contribution in [1.29, 1.82) is 5.26 Å². The van der Waals surface area contributed by atoms with Crippen LogP contribution in [0.3, 0.4) is 0 Å². The van der Waals surface area contributed by atoms with Crippen molar-refractivity contribution >= 4 is 56.3 Å². The van der Waals surface area contributed by atoms with Crippen molar-refractivity contribution in [2.45, 2.75) is 63.1 Å². The standard InChI is InChI=1S/C41H41N11O6S/c1-2-59(57,58)50-23-41(24-50,14-15-42)52-22-29(20-44-52)35-32-11-16-43-36(32)48-40(47-35)45-30-6-3-26(4-7-30)38(55)49-17-12-25(13-18-49)27-5-8-31-28(19-27)21-51(39(31)56)33-9-10-34(53)46-37(33)54/h3-8,11,16,19-20,22,25,33H,2,9-10,12-14,17-18,21,23-24H2,1H3,(H,46,53,54)(H2,43,45,47,48). The van der Waals surface area contributed by atoms with Gasteiger partial charge in [0.2, 0.25) is 27.8 Å². The number of likely N-dealkylation sites (tertiary alicyclic amines) is 1. The number of rotatable bonds is 10. The first-order chi connectivity index (χ1) is 28.4. The summed E-state index contributed by atoms with van der Waals surface area (Å²) in [5.74, 6) is -0.464. The fourth-order valence-corrected chi connectivity index (χ4v) is 9.91. The molecule has 9 rings (SSSR count). The lowest BCUT2D eigenvalue weighted by molar-refractivity contribution is -0.136. The molecule has 1 unspecified atom stereocenters. The Morgan fingerprint density at radius 3 is 2.54 bits per heavy atom. The average Bonchev–Trinajstić information content (AvgIpc) is 3.98. The smallest absolute Gasteiger partial charge is 0.255 e. The first-order valence-electron chi connectivity index (χ1n) is 19.6. The molecule has 1 atom stereocenters. The molecule has 2 aromatic carbocycles. The molecule has 3 saturated heterocycles. The van der Waals surface area contributed by atoms with Crippen LogP contribution in [0.25, 0.3) is 22.3 Å². The molecule has 0 radical (unpaired) electrons. The predicted octanol–water partition coefficient (Wildman–Crippen LogP) is 3.62. The van der Waals surface area contributed by atoms with E-state index in [9.17, 15) is 32.9 Å². The molecule has 0 bridgehead atoms. The van der Waals surface area contributed by atoms with Crippen molar-refractivity contribution in [2.24, 2.45) is 0 Å². The maximum absolute atomic E-state index is 13.6. The van der Waals surface area contributed by atoms with Crippen molar-refractivity contribution in [2.75, 3.05) is 37.2 Å². The maximum atomic E-state index is 13.6. The third-order valence-electron chi connectivity index (χ3n) is 12.1. The lowest BCUT2D eigenvalue weighted by Gasteiger charge is -2.47. The number of aromatic nitrogens is 5. The van der Waals surface area contributed by atoms with Crippen LogP contribution in [0.4, 0.5) is 11.6 Å². The molecule has 0 spiro atoms. The maximum Gasteiger partial charge on any atom is 0.255 e. The van der Waals surface area contributed by atoms with Crippen LogP contribution in [0, 0.1) is 11.3 Å². The first-order valence-corrected chi connectivity index (χ1v) is 21.3. The summed E-state index contributed by atoms with van der Waals surface area (Å²) in [5.41, 5.74) is 4.92. The third-order valence-corrected chi connectivity index (χ3v) is 13.8.